The minimum absolute atomic E-state index is 0.152. The molecule has 2 aromatic carbocycles. The van der Waals surface area contributed by atoms with E-state index in [0.29, 0.717) is 30.9 Å². The molecule has 1 amide bonds. The Bertz CT molecular complexity index is 993. The maximum absolute atomic E-state index is 12.1. The minimum Gasteiger partial charge on any atom is -0.493 e. The molecule has 0 radical (unpaired) electrons. The molecule has 156 valence electrons. The van der Waals surface area contributed by atoms with Gasteiger partial charge in [-0.2, -0.15) is 10.2 Å². The smallest absolute Gasteiger partial charge is 0.240 e. The second-order valence-corrected chi connectivity index (χ2v) is 6.89. The van der Waals surface area contributed by atoms with Gasteiger partial charge >= 0.3 is 0 Å². The number of carbonyl (C=O) groups excluding carboxylic acids is 1. The average Bonchev–Trinajstić information content (AvgIpc) is 3.09. The van der Waals surface area contributed by atoms with Crippen LogP contribution < -0.4 is 14.9 Å². The van der Waals surface area contributed by atoms with Crippen LogP contribution in [0, 0.1) is 13.8 Å². The Hall–Kier alpha value is -3.61. The fourth-order valence-corrected chi connectivity index (χ4v) is 3.04. The van der Waals surface area contributed by atoms with Gasteiger partial charge in [0.15, 0.2) is 11.5 Å². The van der Waals surface area contributed by atoms with Crippen LogP contribution >= 0.6 is 0 Å². The van der Waals surface area contributed by atoms with Crippen molar-refractivity contribution in [1.82, 2.24) is 15.6 Å². The summed E-state index contributed by atoms with van der Waals surface area (Å²) in [6, 6.07) is 15.4. The van der Waals surface area contributed by atoms with Crippen molar-refractivity contribution >= 4 is 12.1 Å². The van der Waals surface area contributed by atoms with Gasteiger partial charge in [0.2, 0.25) is 5.91 Å². The van der Waals surface area contributed by atoms with Gasteiger partial charge in [-0.3, -0.25) is 9.89 Å². The van der Waals surface area contributed by atoms with Crippen LogP contribution in [0.3, 0.4) is 0 Å². The number of aryl methyl sites for hydroxylation is 2. The maximum atomic E-state index is 12.1. The lowest BCUT2D eigenvalue weighted by Gasteiger charge is -2.11. The van der Waals surface area contributed by atoms with Crippen LogP contribution in [0.1, 0.15) is 34.5 Å². The normalized spacial score (nSPS) is 10.9. The zero-order valence-electron chi connectivity index (χ0n) is 17.4. The third kappa shape index (κ3) is 5.70. The Balaban J connectivity index is 1.56. The van der Waals surface area contributed by atoms with Crippen molar-refractivity contribution in [1.29, 1.82) is 0 Å². The van der Waals surface area contributed by atoms with Crippen molar-refractivity contribution in [3.8, 4) is 11.5 Å². The summed E-state index contributed by atoms with van der Waals surface area (Å²) >= 11 is 0. The molecule has 0 unspecified atom stereocenters. The number of nitrogens with one attached hydrogen (secondary N) is 2. The van der Waals surface area contributed by atoms with E-state index < -0.39 is 0 Å². The molecule has 0 bridgehead atoms. The number of ether oxygens (including phenoxy) is 2. The van der Waals surface area contributed by atoms with Crippen molar-refractivity contribution in [3.63, 3.8) is 0 Å². The van der Waals surface area contributed by atoms with Crippen molar-refractivity contribution in [2.24, 2.45) is 5.10 Å². The van der Waals surface area contributed by atoms with Gasteiger partial charge in [0.25, 0.3) is 0 Å². The number of hydrogen-bond donors (Lipinski definition) is 2. The number of aromatic nitrogens is 2. The van der Waals surface area contributed by atoms with E-state index in [1.54, 1.807) is 13.3 Å². The Morgan fingerprint density at radius 3 is 2.67 bits per heavy atom. The summed E-state index contributed by atoms with van der Waals surface area (Å²) in [4.78, 5) is 12.1. The predicted molar refractivity (Wildman–Crippen MR) is 116 cm³/mol. The van der Waals surface area contributed by atoms with E-state index in [1.165, 1.54) is 0 Å². The first kappa shape index (κ1) is 21.1. The summed E-state index contributed by atoms with van der Waals surface area (Å²) in [6.45, 7) is 4.31. The molecule has 7 heteroatoms. The SMILES string of the molecule is COc1ccc(C=NNC(=O)CCc2c(C)n[nH]c2C)cc1OCc1ccccc1. The van der Waals surface area contributed by atoms with Gasteiger partial charge in [0.05, 0.1) is 19.0 Å². The topological polar surface area (TPSA) is 88.6 Å². The Morgan fingerprint density at radius 2 is 1.97 bits per heavy atom. The fraction of sp³-hybridized carbons (Fsp3) is 0.261. The highest BCUT2D eigenvalue weighted by molar-refractivity contribution is 5.83. The third-order valence-electron chi connectivity index (χ3n) is 4.71. The van der Waals surface area contributed by atoms with E-state index in [-0.39, 0.29) is 5.91 Å². The molecular formula is C23H26N4O3. The average molecular weight is 406 g/mol. The van der Waals surface area contributed by atoms with Crippen LogP contribution in [0.2, 0.25) is 0 Å². The van der Waals surface area contributed by atoms with Crippen LogP contribution in [-0.4, -0.2) is 29.4 Å². The molecule has 0 aliphatic heterocycles. The van der Waals surface area contributed by atoms with Crippen LogP contribution in [0.4, 0.5) is 0 Å². The highest BCUT2D eigenvalue weighted by Crippen LogP contribution is 2.28. The number of hydrogen-bond acceptors (Lipinski definition) is 5. The largest absolute Gasteiger partial charge is 0.493 e. The van der Waals surface area contributed by atoms with Gasteiger partial charge in [-0.25, -0.2) is 5.43 Å². The lowest BCUT2D eigenvalue weighted by molar-refractivity contribution is -0.121. The third-order valence-corrected chi connectivity index (χ3v) is 4.71. The molecule has 1 heterocycles. The van der Waals surface area contributed by atoms with E-state index in [2.05, 4.69) is 20.7 Å². The van der Waals surface area contributed by atoms with Crippen LogP contribution in [-0.2, 0) is 17.8 Å². The van der Waals surface area contributed by atoms with Crippen LogP contribution in [0.25, 0.3) is 0 Å². The second kappa shape index (κ2) is 10.2. The molecule has 0 atom stereocenters. The molecule has 0 aliphatic carbocycles. The van der Waals surface area contributed by atoms with E-state index in [9.17, 15) is 4.79 Å². The number of hydrazone groups is 1. The zero-order chi connectivity index (χ0) is 21.3. The van der Waals surface area contributed by atoms with Crippen molar-refractivity contribution < 1.29 is 14.3 Å². The van der Waals surface area contributed by atoms with E-state index in [1.807, 2.05) is 62.4 Å². The summed E-state index contributed by atoms with van der Waals surface area (Å²) in [5.74, 6) is 1.10. The quantitative estimate of drug-likeness (QED) is 0.419. The molecule has 3 rings (SSSR count). The number of benzene rings is 2. The summed E-state index contributed by atoms with van der Waals surface area (Å²) in [5.41, 5.74) is 7.41. The molecule has 0 fully saturated rings. The van der Waals surface area contributed by atoms with Gasteiger partial charge in [0, 0.05) is 12.1 Å². The van der Waals surface area contributed by atoms with Crippen molar-refractivity contribution in [2.45, 2.75) is 33.3 Å². The number of methoxy groups -OCH3 is 1. The number of nitrogens with zero attached hydrogens (tertiary/aromatic N) is 2. The summed E-state index contributed by atoms with van der Waals surface area (Å²) in [7, 11) is 1.60. The van der Waals surface area contributed by atoms with Gasteiger partial charge in [-0.1, -0.05) is 30.3 Å². The number of carbonyl (C=O) groups is 1. The first-order chi connectivity index (χ1) is 14.6. The molecule has 0 saturated carbocycles. The van der Waals surface area contributed by atoms with E-state index in [0.717, 1.165) is 28.1 Å². The molecule has 0 aliphatic rings. The van der Waals surface area contributed by atoms with Gasteiger partial charge < -0.3 is 9.47 Å². The van der Waals surface area contributed by atoms with Gasteiger partial charge in [-0.05, 0) is 55.2 Å². The molecule has 2 N–H and O–H groups in total. The lowest BCUT2D eigenvalue weighted by atomic mass is 10.1. The van der Waals surface area contributed by atoms with Crippen LogP contribution in [0.15, 0.2) is 53.6 Å². The molecule has 0 spiro atoms. The van der Waals surface area contributed by atoms with Crippen LogP contribution in [0.5, 0.6) is 11.5 Å². The fourth-order valence-electron chi connectivity index (χ4n) is 3.04. The number of aromatic amines is 1. The lowest BCUT2D eigenvalue weighted by Crippen LogP contribution is -2.18. The van der Waals surface area contributed by atoms with Gasteiger partial charge in [0.1, 0.15) is 6.61 Å². The predicted octanol–water partition coefficient (Wildman–Crippen LogP) is 3.70. The summed E-state index contributed by atoms with van der Waals surface area (Å²) < 4.78 is 11.3. The van der Waals surface area contributed by atoms with Crippen molar-refractivity contribution in [3.05, 3.63) is 76.6 Å². The van der Waals surface area contributed by atoms with E-state index >= 15 is 0 Å². The van der Waals surface area contributed by atoms with Crippen molar-refractivity contribution in [2.75, 3.05) is 7.11 Å². The Morgan fingerprint density at radius 1 is 1.17 bits per heavy atom. The Kier molecular flexibility index (Phi) is 7.21. The molecule has 3 aromatic rings. The maximum Gasteiger partial charge on any atom is 0.240 e. The summed E-state index contributed by atoms with van der Waals surface area (Å²) in [5, 5.41) is 11.1. The number of rotatable bonds is 9. The summed E-state index contributed by atoms with van der Waals surface area (Å²) in [6.07, 6.45) is 2.54. The first-order valence-corrected chi connectivity index (χ1v) is 9.74. The molecule has 1 aromatic heterocycles. The zero-order valence-corrected chi connectivity index (χ0v) is 17.4. The molecule has 30 heavy (non-hydrogen) atoms. The Labute approximate surface area is 176 Å². The monoisotopic (exact) mass is 406 g/mol. The van der Waals surface area contributed by atoms with Gasteiger partial charge in [-0.15, -0.1) is 0 Å². The highest BCUT2D eigenvalue weighted by atomic mass is 16.5. The minimum atomic E-state index is -0.152. The molecule has 0 saturated heterocycles. The first-order valence-electron chi connectivity index (χ1n) is 9.74. The van der Waals surface area contributed by atoms with E-state index in [4.69, 9.17) is 9.47 Å². The highest BCUT2D eigenvalue weighted by Gasteiger charge is 2.09. The number of amides is 1. The number of H-pyrrole nitrogens is 1. The molecule has 7 nitrogen and oxygen atoms in total. The second-order valence-electron chi connectivity index (χ2n) is 6.89. The molecular weight excluding hydrogens is 380 g/mol. The standard InChI is InChI=1S/C23H26N4O3/c1-16-20(17(2)26-25-16)10-12-23(28)27-24-14-19-9-11-21(29-3)22(13-19)30-15-18-7-5-4-6-8-18/h4-9,11,13-14H,10,12,15H2,1-3H3,(H,25,26)(H,27,28).